The van der Waals surface area contributed by atoms with E-state index in [1.807, 2.05) is 30.3 Å². The Morgan fingerprint density at radius 1 is 0.786 bits per heavy atom. The van der Waals surface area contributed by atoms with Crippen LogP contribution in [0.25, 0.3) is 22.3 Å². The molecule has 220 valence electrons. The number of unbranched alkanes of at least 4 members (excludes halogenated alkanes) is 2. The van der Waals surface area contributed by atoms with Gasteiger partial charge in [-0.15, -0.1) is 0 Å². The maximum Gasteiger partial charge on any atom is 0.341 e. The predicted octanol–water partition coefficient (Wildman–Crippen LogP) is 8.81. The molecule has 1 fully saturated rings. The van der Waals surface area contributed by atoms with Crippen LogP contribution in [0.1, 0.15) is 76.7 Å². The third-order valence-electron chi connectivity index (χ3n) is 8.16. The number of rotatable bonds is 12. The maximum absolute atomic E-state index is 12.3. The average Bonchev–Trinajstić information content (AvgIpc) is 3.01. The topological polar surface area (TPSA) is 72.8 Å². The van der Waals surface area contributed by atoms with Crippen LogP contribution in [0.2, 0.25) is 0 Å². The van der Waals surface area contributed by atoms with Gasteiger partial charge in [-0.1, -0.05) is 88.2 Å². The quantitative estimate of drug-likeness (QED) is 0.103. The number of benzene rings is 3. The van der Waals surface area contributed by atoms with Crippen molar-refractivity contribution in [3.05, 3.63) is 96.6 Å². The molecular weight excluding hydrogens is 524 g/mol. The number of esters is 2. The van der Waals surface area contributed by atoms with Gasteiger partial charge >= 0.3 is 11.9 Å². The van der Waals surface area contributed by atoms with Gasteiger partial charge < -0.3 is 14.6 Å². The molecule has 0 aliphatic heterocycles. The van der Waals surface area contributed by atoms with Gasteiger partial charge in [0.15, 0.2) is 0 Å². The normalized spacial score (nSPS) is 16.5. The number of hydrogen-bond acceptors (Lipinski definition) is 5. The van der Waals surface area contributed by atoms with Crippen LogP contribution in [0, 0.1) is 5.92 Å². The number of aliphatic hydroxyl groups excluding tert-OH is 1. The van der Waals surface area contributed by atoms with Crippen molar-refractivity contribution in [1.82, 2.24) is 0 Å². The fourth-order valence-electron chi connectivity index (χ4n) is 5.65. The summed E-state index contributed by atoms with van der Waals surface area (Å²) < 4.78 is 10.9. The lowest BCUT2D eigenvalue weighted by Crippen LogP contribution is -2.15. The van der Waals surface area contributed by atoms with Gasteiger partial charge in [-0.25, -0.2) is 9.59 Å². The second kappa shape index (κ2) is 14.8. The SMILES string of the molecule is C=C(C)C(=O)Oc1ccc(-c2ccc(-c3ccc(OC(=O)C(=C)CO)cc3C3CCC(CCCCC)CC3)cc2)cc1. The lowest BCUT2D eigenvalue weighted by atomic mass is 9.75. The summed E-state index contributed by atoms with van der Waals surface area (Å²) in [6.07, 6.45) is 9.85. The van der Waals surface area contributed by atoms with Crippen LogP contribution in [-0.2, 0) is 9.59 Å². The summed E-state index contributed by atoms with van der Waals surface area (Å²) >= 11 is 0. The van der Waals surface area contributed by atoms with Crippen LogP contribution in [0.3, 0.4) is 0 Å². The summed E-state index contributed by atoms with van der Waals surface area (Å²) in [6.45, 7) is 10.7. The first-order valence-corrected chi connectivity index (χ1v) is 15.0. The first-order chi connectivity index (χ1) is 20.3. The van der Waals surface area contributed by atoms with Gasteiger partial charge in [-0.05, 0) is 96.5 Å². The number of aliphatic hydroxyl groups is 1. The van der Waals surface area contributed by atoms with Gasteiger partial charge in [0.25, 0.3) is 0 Å². The molecule has 0 bridgehead atoms. The van der Waals surface area contributed by atoms with E-state index in [2.05, 4.69) is 44.3 Å². The van der Waals surface area contributed by atoms with Gasteiger partial charge in [0.05, 0.1) is 12.2 Å². The molecule has 0 aromatic heterocycles. The van der Waals surface area contributed by atoms with Gasteiger partial charge in [-0.3, -0.25) is 0 Å². The molecule has 1 aliphatic carbocycles. The molecule has 1 saturated carbocycles. The van der Waals surface area contributed by atoms with E-state index in [0.717, 1.165) is 41.0 Å². The lowest BCUT2D eigenvalue weighted by molar-refractivity contribution is -0.131. The number of hydrogen-bond donors (Lipinski definition) is 1. The van der Waals surface area contributed by atoms with Crippen molar-refractivity contribution in [3.63, 3.8) is 0 Å². The van der Waals surface area contributed by atoms with Gasteiger partial charge in [0.1, 0.15) is 11.5 Å². The Morgan fingerprint density at radius 3 is 1.95 bits per heavy atom. The molecule has 1 N–H and O–H groups in total. The van der Waals surface area contributed by atoms with Crippen molar-refractivity contribution in [3.8, 4) is 33.8 Å². The summed E-state index contributed by atoms with van der Waals surface area (Å²) in [5, 5.41) is 9.29. The Hall–Kier alpha value is -3.96. The van der Waals surface area contributed by atoms with Crippen LogP contribution < -0.4 is 9.47 Å². The first kappa shape index (κ1) is 31.0. The zero-order valence-electron chi connectivity index (χ0n) is 24.9. The molecule has 3 aromatic carbocycles. The second-order valence-electron chi connectivity index (χ2n) is 11.4. The Bertz CT molecular complexity index is 1390. The number of carbonyl (C=O) groups excluding carboxylic acids is 2. The van der Waals surface area contributed by atoms with Crippen molar-refractivity contribution >= 4 is 11.9 Å². The smallest absolute Gasteiger partial charge is 0.341 e. The van der Waals surface area contributed by atoms with Crippen LogP contribution in [0.4, 0.5) is 0 Å². The second-order valence-corrected chi connectivity index (χ2v) is 11.4. The van der Waals surface area contributed by atoms with E-state index in [9.17, 15) is 14.7 Å². The molecular formula is C37H42O5. The summed E-state index contributed by atoms with van der Waals surface area (Å²) in [6, 6.07) is 21.7. The summed E-state index contributed by atoms with van der Waals surface area (Å²) in [5.74, 6) is 1.09. The predicted molar refractivity (Wildman–Crippen MR) is 168 cm³/mol. The first-order valence-electron chi connectivity index (χ1n) is 15.0. The van der Waals surface area contributed by atoms with E-state index in [-0.39, 0.29) is 5.57 Å². The fraction of sp³-hybridized carbons (Fsp3) is 0.351. The monoisotopic (exact) mass is 566 g/mol. The van der Waals surface area contributed by atoms with Crippen molar-refractivity contribution in [2.75, 3.05) is 6.61 Å². The maximum atomic E-state index is 12.3. The van der Waals surface area contributed by atoms with E-state index >= 15 is 0 Å². The zero-order chi connectivity index (χ0) is 30.1. The number of ether oxygens (including phenoxy) is 2. The minimum atomic E-state index is -0.611. The Labute approximate surface area is 249 Å². The summed E-state index contributed by atoms with van der Waals surface area (Å²) in [7, 11) is 0. The van der Waals surface area contributed by atoms with Gasteiger partial charge in [0, 0.05) is 5.57 Å². The van der Waals surface area contributed by atoms with E-state index in [4.69, 9.17) is 9.47 Å². The molecule has 4 rings (SSSR count). The van der Waals surface area contributed by atoms with Crippen molar-refractivity contribution in [1.29, 1.82) is 0 Å². The zero-order valence-corrected chi connectivity index (χ0v) is 24.9. The fourth-order valence-corrected chi connectivity index (χ4v) is 5.65. The molecule has 3 aromatic rings. The summed E-state index contributed by atoms with van der Waals surface area (Å²) in [4.78, 5) is 24.1. The third-order valence-corrected chi connectivity index (χ3v) is 8.16. The average molecular weight is 567 g/mol. The largest absolute Gasteiger partial charge is 0.423 e. The molecule has 0 spiro atoms. The highest BCUT2D eigenvalue weighted by Gasteiger charge is 2.25. The highest BCUT2D eigenvalue weighted by atomic mass is 16.5. The van der Waals surface area contributed by atoms with Crippen LogP contribution in [0.15, 0.2) is 91.0 Å². The Morgan fingerprint density at radius 2 is 1.36 bits per heavy atom. The molecule has 0 radical (unpaired) electrons. The molecule has 0 saturated heterocycles. The van der Waals surface area contributed by atoms with Crippen molar-refractivity contribution in [2.24, 2.45) is 5.92 Å². The minimum absolute atomic E-state index is 0.0332. The molecule has 0 atom stereocenters. The standard InChI is InChI=1S/C37H42O5/c1-5-6-7-8-27-9-11-31(12-10-27)35-23-33(42-37(40)26(4)24-38)21-22-34(35)30-15-13-28(14-16-30)29-17-19-32(20-18-29)41-36(39)25(2)3/h13-23,27,31,38H,2,4-12,24H2,1,3H3. The van der Waals surface area contributed by atoms with E-state index in [1.165, 1.54) is 44.1 Å². The minimum Gasteiger partial charge on any atom is -0.423 e. The molecule has 0 heterocycles. The molecule has 42 heavy (non-hydrogen) atoms. The van der Waals surface area contributed by atoms with Crippen LogP contribution >= 0.6 is 0 Å². The molecule has 0 amide bonds. The van der Waals surface area contributed by atoms with E-state index in [0.29, 0.717) is 23.0 Å². The molecule has 0 unspecified atom stereocenters. The molecule has 5 heteroatoms. The van der Waals surface area contributed by atoms with E-state index < -0.39 is 18.5 Å². The van der Waals surface area contributed by atoms with Crippen molar-refractivity contribution < 1.29 is 24.2 Å². The lowest BCUT2D eigenvalue weighted by Gasteiger charge is -2.30. The van der Waals surface area contributed by atoms with Gasteiger partial charge in [-0.2, -0.15) is 0 Å². The highest BCUT2D eigenvalue weighted by molar-refractivity contribution is 5.90. The van der Waals surface area contributed by atoms with Crippen LogP contribution in [-0.4, -0.2) is 23.7 Å². The summed E-state index contributed by atoms with van der Waals surface area (Å²) in [5.41, 5.74) is 5.89. The third kappa shape index (κ3) is 8.07. The van der Waals surface area contributed by atoms with Crippen LogP contribution in [0.5, 0.6) is 11.5 Å². The Kier molecular flexibility index (Phi) is 10.9. The molecule has 5 nitrogen and oxygen atoms in total. The Balaban J connectivity index is 1.56. The van der Waals surface area contributed by atoms with E-state index in [1.54, 1.807) is 19.1 Å². The highest BCUT2D eigenvalue weighted by Crippen LogP contribution is 2.43. The van der Waals surface area contributed by atoms with Gasteiger partial charge in [0.2, 0.25) is 0 Å². The number of carbonyl (C=O) groups is 2. The molecule has 1 aliphatic rings. The van der Waals surface area contributed by atoms with Crippen molar-refractivity contribution in [2.45, 2.75) is 71.1 Å².